The van der Waals surface area contributed by atoms with E-state index in [4.69, 9.17) is 4.42 Å². The highest BCUT2D eigenvalue weighted by Crippen LogP contribution is 2.33. The lowest BCUT2D eigenvalue weighted by molar-refractivity contribution is -0.0405. The van der Waals surface area contributed by atoms with E-state index in [-0.39, 0.29) is 24.7 Å². The van der Waals surface area contributed by atoms with Gasteiger partial charge in [0.25, 0.3) is 0 Å². The topological polar surface area (TPSA) is 25.2 Å². The largest absolute Gasteiger partial charge is 0.464 e. The molecule has 1 aliphatic carbocycles. The fraction of sp³-hybridized carbons (Fsp3) is 0.467. The molecule has 0 atom stereocenters. The van der Waals surface area contributed by atoms with Crippen molar-refractivity contribution in [2.45, 2.75) is 44.2 Å². The molecule has 0 aliphatic heterocycles. The monoisotopic (exact) mass is 283 g/mol. The van der Waals surface area contributed by atoms with Gasteiger partial charge in [-0.05, 0) is 31.0 Å². The lowest BCUT2D eigenvalue weighted by atomic mass is 9.92. The summed E-state index contributed by atoms with van der Waals surface area (Å²) in [5, 5.41) is 3.88. The number of benzene rings is 1. The molecule has 0 radical (unpaired) electrons. The van der Waals surface area contributed by atoms with Crippen LogP contribution in [0.5, 0.6) is 0 Å². The number of hydrogen-bond acceptors (Lipinski definition) is 2. The summed E-state index contributed by atoms with van der Waals surface area (Å²) in [7, 11) is 0. The molecule has 1 aliphatic rings. The van der Waals surface area contributed by atoms with E-state index in [2.05, 4.69) is 5.32 Å². The Balaban J connectivity index is 1.64. The Morgan fingerprint density at radius 2 is 2.00 bits per heavy atom. The Morgan fingerprint density at radius 1 is 1.25 bits per heavy atom. The van der Waals surface area contributed by atoms with Gasteiger partial charge < -0.3 is 9.73 Å². The van der Waals surface area contributed by atoms with Gasteiger partial charge in [0, 0.05) is 36.4 Å². The first-order chi connectivity index (χ1) is 9.53. The third-order valence-electron chi connectivity index (χ3n) is 3.92. The lowest BCUT2D eigenvalue weighted by Gasteiger charge is -2.29. The lowest BCUT2D eigenvalue weighted by Crippen LogP contribution is -2.36. The van der Waals surface area contributed by atoms with Crippen LogP contribution in [0.2, 0.25) is 0 Å². The van der Waals surface area contributed by atoms with Crippen molar-refractivity contribution in [2.24, 2.45) is 0 Å². The van der Waals surface area contributed by atoms with Crippen LogP contribution in [-0.2, 0) is 6.54 Å². The summed E-state index contributed by atoms with van der Waals surface area (Å²) < 4.78 is 45.2. The van der Waals surface area contributed by atoms with E-state index in [1.165, 1.54) is 12.3 Å². The second kappa shape index (κ2) is 5.13. The van der Waals surface area contributed by atoms with Gasteiger partial charge in [-0.2, -0.15) is 0 Å². The molecule has 5 heteroatoms. The van der Waals surface area contributed by atoms with Gasteiger partial charge >= 0.3 is 0 Å². The molecule has 1 N–H and O–H groups in total. The van der Waals surface area contributed by atoms with Crippen LogP contribution >= 0.6 is 0 Å². The summed E-state index contributed by atoms with van der Waals surface area (Å²) in [6.07, 6.45) is 2.19. The molecule has 1 saturated carbocycles. The smallest absolute Gasteiger partial charge is 0.248 e. The van der Waals surface area contributed by atoms with Gasteiger partial charge in [-0.15, -0.1) is 0 Å². The van der Waals surface area contributed by atoms with E-state index in [0.717, 1.165) is 5.39 Å². The molecule has 108 valence electrons. The average molecular weight is 283 g/mol. The quantitative estimate of drug-likeness (QED) is 0.911. The fourth-order valence-corrected chi connectivity index (χ4v) is 2.66. The SMILES string of the molecule is Fc1cc2ccoc2cc1CNC1CCC(F)(F)CC1. The number of rotatable bonds is 3. The highest BCUT2D eigenvalue weighted by atomic mass is 19.3. The molecular formula is C15H16F3NO. The highest BCUT2D eigenvalue weighted by molar-refractivity contribution is 5.77. The van der Waals surface area contributed by atoms with Crippen LogP contribution < -0.4 is 5.32 Å². The Morgan fingerprint density at radius 3 is 2.75 bits per heavy atom. The number of furan rings is 1. The second-order valence-electron chi connectivity index (χ2n) is 5.41. The third kappa shape index (κ3) is 2.82. The van der Waals surface area contributed by atoms with Gasteiger partial charge in [-0.1, -0.05) is 0 Å². The van der Waals surface area contributed by atoms with Crippen LogP contribution in [0.4, 0.5) is 13.2 Å². The Labute approximate surface area is 115 Å². The van der Waals surface area contributed by atoms with Crippen LogP contribution in [0.25, 0.3) is 11.0 Å². The maximum absolute atomic E-state index is 13.9. The molecule has 20 heavy (non-hydrogen) atoms. The Kier molecular flexibility index (Phi) is 3.46. The second-order valence-corrected chi connectivity index (χ2v) is 5.41. The van der Waals surface area contributed by atoms with Gasteiger partial charge in [0.05, 0.1) is 6.26 Å². The molecule has 0 unspecified atom stereocenters. The van der Waals surface area contributed by atoms with Gasteiger partial charge in [-0.3, -0.25) is 0 Å². The summed E-state index contributed by atoms with van der Waals surface area (Å²) in [5.41, 5.74) is 1.14. The Hall–Kier alpha value is -1.49. The number of alkyl halides is 2. The van der Waals surface area contributed by atoms with Crippen molar-refractivity contribution < 1.29 is 17.6 Å². The normalized spacial score (nSPS) is 19.6. The van der Waals surface area contributed by atoms with Crippen LogP contribution in [0.15, 0.2) is 28.9 Å². The summed E-state index contributed by atoms with van der Waals surface area (Å²) >= 11 is 0. The summed E-state index contributed by atoms with van der Waals surface area (Å²) in [6, 6.07) is 4.83. The summed E-state index contributed by atoms with van der Waals surface area (Å²) in [6.45, 7) is 0.332. The molecule has 1 heterocycles. The molecule has 3 rings (SSSR count). The molecular weight excluding hydrogens is 267 g/mol. The zero-order valence-corrected chi connectivity index (χ0v) is 11.0. The third-order valence-corrected chi connectivity index (χ3v) is 3.92. The number of hydrogen-bond donors (Lipinski definition) is 1. The molecule has 2 aromatic rings. The minimum absolute atomic E-state index is 0.0290. The molecule has 0 saturated heterocycles. The van der Waals surface area contributed by atoms with E-state index < -0.39 is 5.92 Å². The van der Waals surface area contributed by atoms with Crippen LogP contribution in [0, 0.1) is 5.82 Å². The molecule has 1 aromatic carbocycles. The highest BCUT2D eigenvalue weighted by Gasteiger charge is 2.34. The summed E-state index contributed by atoms with van der Waals surface area (Å²) in [5.74, 6) is -2.83. The zero-order valence-electron chi connectivity index (χ0n) is 11.0. The molecule has 0 bridgehead atoms. The maximum atomic E-state index is 13.9. The maximum Gasteiger partial charge on any atom is 0.248 e. The first-order valence-electron chi connectivity index (χ1n) is 6.80. The number of halogens is 3. The van der Waals surface area contributed by atoms with Crippen molar-refractivity contribution >= 4 is 11.0 Å². The predicted octanol–water partition coefficient (Wildman–Crippen LogP) is 4.24. The summed E-state index contributed by atoms with van der Waals surface area (Å²) in [4.78, 5) is 0. The minimum atomic E-state index is -2.53. The van der Waals surface area contributed by atoms with Crippen molar-refractivity contribution in [2.75, 3.05) is 0 Å². The molecule has 2 nitrogen and oxygen atoms in total. The fourth-order valence-electron chi connectivity index (χ4n) is 2.66. The van der Waals surface area contributed by atoms with Gasteiger partial charge in [0.15, 0.2) is 0 Å². The van der Waals surface area contributed by atoms with E-state index in [0.29, 0.717) is 30.5 Å². The van der Waals surface area contributed by atoms with Crippen molar-refractivity contribution in [1.82, 2.24) is 5.32 Å². The van der Waals surface area contributed by atoms with E-state index >= 15 is 0 Å². The Bertz CT molecular complexity index is 598. The van der Waals surface area contributed by atoms with Crippen molar-refractivity contribution in [3.8, 4) is 0 Å². The van der Waals surface area contributed by atoms with Gasteiger partial charge in [0.1, 0.15) is 11.4 Å². The molecule has 1 fully saturated rings. The number of nitrogens with one attached hydrogen (secondary N) is 1. The van der Waals surface area contributed by atoms with Gasteiger partial charge in [0.2, 0.25) is 5.92 Å². The first kappa shape index (κ1) is 13.5. The van der Waals surface area contributed by atoms with Crippen LogP contribution in [-0.4, -0.2) is 12.0 Å². The van der Waals surface area contributed by atoms with Crippen LogP contribution in [0.1, 0.15) is 31.2 Å². The van der Waals surface area contributed by atoms with E-state index in [1.807, 2.05) is 0 Å². The van der Waals surface area contributed by atoms with Crippen LogP contribution in [0.3, 0.4) is 0 Å². The molecule has 1 aromatic heterocycles. The number of fused-ring (bicyclic) bond motifs is 1. The zero-order chi connectivity index (χ0) is 14.2. The standard InChI is InChI=1S/C15H16F3NO/c16-13-7-10-3-6-20-14(10)8-11(13)9-19-12-1-4-15(17,18)5-2-12/h3,6-8,12,19H,1-2,4-5,9H2. The van der Waals surface area contributed by atoms with E-state index in [1.54, 1.807) is 12.1 Å². The van der Waals surface area contributed by atoms with Crippen molar-refractivity contribution in [3.05, 3.63) is 35.8 Å². The first-order valence-corrected chi connectivity index (χ1v) is 6.80. The molecule has 0 amide bonds. The molecule has 0 spiro atoms. The van der Waals surface area contributed by atoms with E-state index in [9.17, 15) is 13.2 Å². The average Bonchev–Trinajstić information content (AvgIpc) is 2.84. The predicted molar refractivity (Wildman–Crippen MR) is 70.2 cm³/mol. The minimum Gasteiger partial charge on any atom is -0.464 e. The van der Waals surface area contributed by atoms with Crippen molar-refractivity contribution in [1.29, 1.82) is 0 Å². The van der Waals surface area contributed by atoms with Gasteiger partial charge in [-0.25, -0.2) is 13.2 Å². The van der Waals surface area contributed by atoms with Crippen molar-refractivity contribution in [3.63, 3.8) is 0 Å².